The Morgan fingerprint density at radius 3 is 2.54 bits per heavy atom. The summed E-state index contributed by atoms with van der Waals surface area (Å²) in [6.45, 7) is 14.5. The molecule has 5 heteroatoms. The van der Waals surface area contributed by atoms with Gasteiger partial charge in [0.15, 0.2) is 0 Å². The lowest BCUT2D eigenvalue weighted by atomic mass is 9.47. The van der Waals surface area contributed by atoms with Gasteiger partial charge in [-0.05, 0) is 97.7 Å². The molecule has 2 N–H and O–H groups in total. The molecule has 4 nitrogen and oxygen atoms in total. The van der Waals surface area contributed by atoms with Crippen molar-refractivity contribution in [2.75, 3.05) is 11.5 Å². The van der Waals surface area contributed by atoms with Gasteiger partial charge in [-0.3, -0.25) is 9.59 Å². The van der Waals surface area contributed by atoms with Gasteiger partial charge in [-0.2, -0.15) is 0 Å². The first-order chi connectivity index (χ1) is 18.5. The highest BCUT2D eigenvalue weighted by atomic mass is 32.2. The minimum absolute atomic E-state index is 0.00323. The topological polar surface area (TPSA) is 69.4 Å². The van der Waals surface area contributed by atoms with Crippen LogP contribution >= 0.6 is 11.8 Å². The van der Waals surface area contributed by atoms with E-state index in [0.717, 1.165) is 54.8 Å². The van der Waals surface area contributed by atoms with E-state index in [1.807, 2.05) is 6.92 Å². The molecular weight excluding hydrogens is 502 g/mol. The number of thioether (sulfide) groups is 1. The smallest absolute Gasteiger partial charge is 0.316 e. The number of esters is 1. The van der Waals surface area contributed by atoms with Crippen molar-refractivity contribution in [2.45, 2.75) is 125 Å². The summed E-state index contributed by atoms with van der Waals surface area (Å²) in [5.74, 6) is 5.38. The second-order valence-electron chi connectivity index (χ2n) is 14.7. The lowest BCUT2D eigenvalue weighted by molar-refractivity contribution is -0.148. The third-order valence-electron chi connectivity index (χ3n) is 12.0. The summed E-state index contributed by atoms with van der Waals surface area (Å²) >= 11 is 1.47. The van der Waals surface area contributed by atoms with Crippen LogP contribution < -0.4 is 5.73 Å². The third-order valence-corrected chi connectivity index (χ3v) is 13.1. The average molecular weight is 560 g/mol. The van der Waals surface area contributed by atoms with Crippen LogP contribution in [0.15, 0.2) is 11.6 Å². The van der Waals surface area contributed by atoms with E-state index in [0.29, 0.717) is 23.3 Å². The first-order valence-corrected chi connectivity index (χ1v) is 17.4. The molecule has 0 aromatic rings. The first kappa shape index (κ1) is 31.0. The molecule has 4 aliphatic carbocycles. The van der Waals surface area contributed by atoms with Crippen molar-refractivity contribution in [3.05, 3.63) is 11.6 Å². The van der Waals surface area contributed by atoms with E-state index in [4.69, 9.17) is 10.5 Å². The summed E-state index contributed by atoms with van der Waals surface area (Å²) < 4.78 is 5.95. The number of carbonyl (C=O) groups excluding carboxylic acids is 2. The number of carbonyl (C=O) groups is 2. The van der Waals surface area contributed by atoms with Crippen molar-refractivity contribution in [1.82, 2.24) is 0 Å². The lowest BCUT2D eigenvalue weighted by Gasteiger charge is -2.58. The lowest BCUT2D eigenvalue weighted by Crippen LogP contribution is -2.51. The molecule has 39 heavy (non-hydrogen) atoms. The predicted molar refractivity (Wildman–Crippen MR) is 163 cm³/mol. The molecular formula is C34H57NO3S. The Morgan fingerprint density at radius 1 is 1.08 bits per heavy atom. The second kappa shape index (κ2) is 12.9. The van der Waals surface area contributed by atoms with Gasteiger partial charge in [-0.15, -0.1) is 11.8 Å². The Balaban J connectivity index is 1.33. The Bertz CT molecular complexity index is 901. The van der Waals surface area contributed by atoms with Crippen LogP contribution in [0.1, 0.15) is 119 Å². The zero-order valence-corrected chi connectivity index (χ0v) is 26.6. The summed E-state index contributed by atoms with van der Waals surface area (Å²) in [7, 11) is 0. The van der Waals surface area contributed by atoms with Crippen molar-refractivity contribution in [2.24, 2.45) is 58.0 Å². The molecule has 3 saturated carbocycles. The number of primary amides is 1. The van der Waals surface area contributed by atoms with Gasteiger partial charge in [-0.25, -0.2) is 0 Å². The van der Waals surface area contributed by atoms with E-state index >= 15 is 0 Å². The molecule has 0 heterocycles. The number of ether oxygens (including phenoxy) is 1. The second-order valence-corrected chi connectivity index (χ2v) is 15.7. The highest BCUT2D eigenvalue weighted by Crippen LogP contribution is 2.67. The minimum Gasteiger partial charge on any atom is -0.461 e. The van der Waals surface area contributed by atoms with Gasteiger partial charge in [0.05, 0.1) is 5.75 Å². The number of hydrogen-bond donors (Lipinski definition) is 1. The standard InChI is InChI=1S/C34H57NO3S/c1-7-24(32(35)37)20-39-21-31(36)38-26-15-17-33(5)25(19-26)11-12-27-29-14-13-28(23(4)10-8-9-22(2)3)34(29,6)18-16-30(27)33/h11,22-24,26-30H,7-10,12-21H2,1-6H3,(H2,35,37)/t23-,24+,26?,27+,28-,29+,30+,33+,34-/m1/s1. The quantitative estimate of drug-likeness (QED) is 0.193. The van der Waals surface area contributed by atoms with Gasteiger partial charge in [0, 0.05) is 18.1 Å². The molecule has 4 aliphatic rings. The molecule has 1 amide bonds. The predicted octanol–water partition coefficient (Wildman–Crippen LogP) is 8.18. The fourth-order valence-corrected chi connectivity index (χ4v) is 10.7. The molecule has 4 rings (SSSR count). The number of hydrogen-bond acceptors (Lipinski definition) is 4. The normalized spacial score (nSPS) is 37.3. The Kier molecular flexibility index (Phi) is 10.3. The molecule has 0 bridgehead atoms. The Labute approximate surface area is 243 Å². The summed E-state index contributed by atoms with van der Waals surface area (Å²) in [5.41, 5.74) is 7.81. The fraction of sp³-hybridized carbons (Fsp3) is 0.882. The van der Waals surface area contributed by atoms with Crippen LogP contribution in [0, 0.1) is 52.3 Å². The van der Waals surface area contributed by atoms with Gasteiger partial charge < -0.3 is 10.5 Å². The van der Waals surface area contributed by atoms with Gasteiger partial charge in [0.2, 0.25) is 5.91 Å². The van der Waals surface area contributed by atoms with Gasteiger partial charge in [0.1, 0.15) is 6.10 Å². The molecule has 0 spiro atoms. The van der Waals surface area contributed by atoms with Gasteiger partial charge in [-0.1, -0.05) is 72.5 Å². The molecule has 0 aromatic heterocycles. The number of fused-ring (bicyclic) bond motifs is 5. The monoisotopic (exact) mass is 559 g/mol. The van der Waals surface area contributed by atoms with Crippen molar-refractivity contribution in [3.8, 4) is 0 Å². The van der Waals surface area contributed by atoms with E-state index in [1.165, 1.54) is 63.1 Å². The van der Waals surface area contributed by atoms with E-state index in [-0.39, 0.29) is 29.3 Å². The maximum Gasteiger partial charge on any atom is 0.316 e. The van der Waals surface area contributed by atoms with Crippen molar-refractivity contribution >= 4 is 23.6 Å². The minimum atomic E-state index is -0.278. The van der Waals surface area contributed by atoms with Crippen LogP contribution in [0.5, 0.6) is 0 Å². The molecule has 1 unspecified atom stereocenters. The summed E-state index contributed by atoms with van der Waals surface area (Å²) in [6, 6.07) is 0. The zero-order chi connectivity index (χ0) is 28.4. The highest BCUT2D eigenvalue weighted by molar-refractivity contribution is 7.99. The average Bonchev–Trinajstić information content (AvgIpc) is 3.23. The Hall–Kier alpha value is -0.970. The van der Waals surface area contributed by atoms with Crippen molar-refractivity contribution in [1.29, 1.82) is 0 Å². The highest BCUT2D eigenvalue weighted by Gasteiger charge is 2.59. The van der Waals surface area contributed by atoms with Crippen LogP contribution in [0.2, 0.25) is 0 Å². The SMILES string of the molecule is CC[C@@H](CSCC(=O)OC1CC[C@@]2(C)C(=CC[C@H]3[C@@H]4CC[C@H]([C@H](C)CCCC(C)C)[C@@]4(C)CC[C@@H]32)C1)C(N)=O. The number of nitrogens with two attached hydrogens (primary N) is 1. The largest absolute Gasteiger partial charge is 0.461 e. The number of amides is 1. The van der Waals surface area contributed by atoms with Crippen molar-refractivity contribution in [3.63, 3.8) is 0 Å². The van der Waals surface area contributed by atoms with E-state index < -0.39 is 0 Å². The molecule has 0 aromatic carbocycles. The van der Waals surface area contributed by atoms with Gasteiger partial charge in [0.25, 0.3) is 0 Å². The molecule has 9 atom stereocenters. The number of rotatable bonds is 12. The molecule has 0 aliphatic heterocycles. The molecule has 0 saturated heterocycles. The summed E-state index contributed by atoms with van der Waals surface area (Å²) in [4.78, 5) is 24.0. The third kappa shape index (κ3) is 6.59. The number of allylic oxidation sites excluding steroid dienone is 1. The van der Waals surface area contributed by atoms with Gasteiger partial charge >= 0.3 is 5.97 Å². The maximum absolute atomic E-state index is 12.6. The van der Waals surface area contributed by atoms with E-state index in [9.17, 15) is 9.59 Å². The van der Waals surface area contributed by atoms with Crippen LogP contribution in [-0.4, -0.2) is 29.5 Å². The van der Waals surface area contributed by atoms with Crippen LogP contribution in [0.3, 0.4) is 0 Å². The molecule has 222 valence electrons. The van der Waals surface area contributed by atoms with Crippen LogP contribution in [-0.2, 0) is 14.3 Å². The molecule has 3 fully saturated rings. The summed E-state index contributed by atoms with van der Waals surface area (Å²) in [6.07, 6.45) is 17.4. The fourth-order valence-electron chi connectivity index (χ4n) is 9.66. The Morgan fingerprint density at radius 2 is 1.85 bits per heavy atom. The van der Waals surface area contributed by atoms with Crippen LogP contribution in [0.4, 0.5) is 0 Å². The maximum atomic E-state index is 12.6. The summed E-state index contributed by atoms with van der Waals surface area (Å²) in [5, 5.41) is 0. The van der Waals surface area contributed by atoms with E-state index in [2.05, 4.69) is 40.7 Å². The van der Waals surface area contributed by atoms with Crippen molar-refractivity contribution < 1.29 is 14.3 Å². The van der Waals surface area contributed by atoms with Crippen LogP contribution in [0.25, 0.3) is 0 Å². The first-order valence-electron chi connectivity index (χ1n) is 16.3. The zero-order valence-electron chi connectivity index (χ0n) is 25.8. The van der Waals surface area contributed by atoms with E-state index in [1.54, 1.807) is 5.57 Å². The molecule has 0 radical (unpaired) electrons.